The monoisotopic (exact) mass is 278 g/mol. The molecule has 4 N–H and O–H groups in total. The topological polar surface area (TPSA) is 98.8 Å². The van der Waals surface area contributed by atoms with Gasteiger partial charge in [-0.05, 0) is 26.7 Å². The molecule has 7 heteroatoms. The van der Waals surface area contributed by atoms with Crippen LogP contribution in [0.25, 0.3) is 11.2 Å². The summed E-state index contributed by atoms with van der Waals surface area (Å²) in [5.41, 5.74) is 1.14. The first-order valence-corrected chi connectivity index (χ1v) is 6.90. The summed E-state index contributed by atoms with van der Waals surface area (Å²) in [6.45, 7) is 7.07. The average molecular weight is 278 g/mol. The van der Waals surface area contributed by atoms with E-state index in [1.165, 1.54) is 0 Å². The fourth-order valence-electron chi connectivity index (χ4n) is 1.90. The van der Waals surface area contributed by atoms with Gasteiger partial charge in [0.15, 0.2) is 11.5 Å². The Morgan fingerprint density at radius 3 is 2.85 bits per heavy atom. The fourth-order valence-corrected chi connectivity index (χ4v) is 1.90. The molecular weight excluding hydrogens is 256 g/mol. The SMILES string of the molecule is CCCNc1nc(NC(C)(C)CCO)c2[nH]cnc2n1. The molecule has 0 aliphatic carbocycles. The molecule has 2 heterocycles. The lowest BCUT2D eigenvalue weighted by molar-refractivity contribution is 0.260. The number of nitrogens with one attached hydrogen (secondary N) is 3. The lowest BCUT2D eigenvalue weighted by atomic mass is 10.0. The van der Waals surface area contributed by atoms with Crippen LogP contribution in [-0.4, -0.2) is 43.7 Å². The third-order valence-corrected chi connectivity index (χ3v) is 3.01. The maximum absolute atomic E-state index is 9.12. The van der Waals surface area contributed by atoms with Gasteiger partial charge in [0.1, 0.15) is 5.52 Å². The number of rotatable bonds is 7. The first kappa shape index (κ1) is 14.5. The van der Waals surface area contributed by atoms with Gasteiger partial charge in [-0.2, -0.15) is 9.97 Å². The highest BCUT2D eigenvalue weighted by Crippen LogP contribution is 2.23. The number of aromatic nitrogens is 4. The van der Waals surface area contributed by atoms with Crippen LogP contribution in [0.5, 0.6) is 0 Å². The van der Waals surface area contributed by atoms with Crippen LogP contribution in [-0.2, 0) is 0 Å². The molecule has 2 aromatic rings. The molecule has 0 fully saturated rings. The van der Waals surface area contributed by atoms with E-state index in [1.54, 1.807) is 6.33 Å². The standard InChI is InChI=1S/C13H22N6O/c1-4-6-14-12-17-10-9(15-8-16-10)11(18-12)19-13(2,3)5-7-20/h8,20H,4-7H2,1-3H3,(H3,14,15,16,17,18,19). The van der Waals surface area contributed by atoms with Crippen LogP contribution in [0.2, 0.25) is 0 Å². The molecule has 2 aromatic heterocycles. The second-order valence-corrected chi connectivity index (χ2v) is 5.41. The molecule has 0 atom stereocenters. The van der Waals surface area contributed by atoms with Crippen LogP contribution in [0, 0.1) is 0 Å². The third kappa shape index (κ3) is 3.36. The molecule has 0 radical (unpaired) electrons. The molecule has 110 valence electrons. The zero-order chi connectivity index (χ0) is 14.6. The normalized spacial score (nSPS) is 11.8. The van der Waals surface area contributed by atoms with Crippen molar-refractivity contribution in [3.63, 3.8) is 0 Å². The van der Waals surface area contributed by atoms with E-state index in [9.17, 15) is 0 Å². The minimum absolute atomic E-state index is 0.123. The average Bonchev–Trinajstić information content (AvgIpc) is 2.84. The largest absolute Gasteiger partial charge is 0.396 e. The molecule has 0 unspecified atom stereocenters. The highest BCUT2D eigenvalue weighted by molar-refractivity contribution is 5.84. The molecule has 20 heavy (non-hydrogen) atoms. The molecule has 0 aromatic carbocycles. The second kappa shape index (κ2) is 6.04. The van der Waals surface area contributed by atoms with Crippen molar-refractivity contribution in [3.8, 4) is 0 Å². The number of aromatic amines is 1. The minimum Gasteiger partial charge on any atom is -0.396 e. The van der Waals surface area contributed by atoms with E-state index in [0.29, 0.717) is 23.8 Å². The van der Waals surface area contributed by atoms with Gasteiger partial charge in [-0.25, -0.2) is 4.98 Å². The van der Waals surface area contributed by atoms with Gasteiger partial charge in [0.05, 0.1) is 6.33 Å². The van der Waals surface area contributed by atoms with Gasteiger partial charge in [0.25, 0.3) is 0 Å². The highest BCUT2D eigenvalue weighted by atomic mass is 16.3. The molecule has 0 aliphatic rings. The number of aliphatic hydroxyl groups is 1. The van der Waals surface area contributed by atoms with E-state index in [-0.39, 0.29) is 12.1 Å². The second-order valence-electron chi connectivity index (χ2n) is 5.41. The Kier molecular flexibility index (Phi) is 4.39. The predicted molar refractivity (Wildman–Crippen MR) is 79.9 cm³/mol. The van der Waals surface area contributed by atoms with E-state index in [0.717, 1.165) is 18.5 Å². The van der Waals surface area contributed by atoms with Gasteiger partial charge in [0.2, 0.25) is 5.95 Å². The van der Waals surface area contributed by atoms with Gasteiger partial charge in [0, 0.05) is 18.7 Å². The zero-order valence-corrected chi connectivity index (χ0v) is 12.2. The summed E-state index contributed by atoms with van der Waals surface area (Å²) in [5.74, 6) is 1.26. The third-order valence-electron chi connectivity index (χ3n) is 3.01. The number of aliphatic hydroxyl groups excluding tert-OH is 1. The molecule has 0 bridgehead atoms. The summed E-state index contributed by atoms with van der Waals surface area (Å²) < 4.78 is 0. The summed E-state index contributed by atoms with van der Waals surface area (Å²) >= 11 is 0. The van der Waals surface area contributed by atoms with E-state index in [1.807, 2.05) is 13.8 Å². The number of hydrogen-bond acceptors (Lipinski definition) is 6. The Morgan fingerprint density at radius 2 is 2.15 bits per heavy atom. The Balaban J connectivity index is 2.32. The number of nitrogens with zero attached hydrogens (tertiary/aromatic N) is 3. The number of H-pyrrole nitrogens is 1. The minimum atomic E-state index is -0.261. The van der Waals surface area contributed by atoms with Crippen LogP contribution in [0.1, 0.15) is 33.6 Å². The quantitative estimate of drug-likeness (QED) is 0.616. The molecule has 0 spiro atoms. The van der Waals surface area contributed by atoms with Gasteiger partial charge in [-0.15, -0.1) is 0 Å². The van der Waals surface area contributed by atoms with Gasteiger partial charge >= 0.3 is 0 Å². The first-order valence-electron chi connectivity index (χ1n) is 6.90. The Bertz CT molecular complexity index is 565. The molecule has 0 amide bonds. The Hall–Kier alpha value is -1.89. The van der Waals surface area contributed by atoms with Crippen molar-refractivity contribution < 1.29 is 5.11 Å². The van der Waals surface area contributed by atoms with Crippen molar-refractivity contribution in [2.24, 2.45) is 0 Å². The van der Waals surface area contributed by atoms with Crippen LogP contribution in [0.4, 0.5) is 11.8 Å². The van der Waals surface area contributed by atoms with Crippen LogP contribution < -0.4 is 10.6 Å². The Labute approximate surface area is 118 Å². The van der Waals surface area contributed by atoms with Crippen molar-refractivity contribution in [2.75, 3.05) is 23.8 Å². The van der Waals surface area contributed by atoms with E-state index in [2.05, 4.69) is 37.5 Å². The highest BCUT2D eigenvalue weighted by Gasteiger charge is 2.20. The molecule has 7 nitrogen and oxygen atoms in total. The molecule has 0 saturated carbocycles. The lowest BCUT2D eigenvalue weighted by Gasteiger charge is -2.26. The van der Waals surface area contributed by atoms with Crippen molar-refractivity contribution in [1.82, 2.24) is 19.9 Å². The summed E-state index contributed by atoms with van der Waals surface area (Å²) in [5, 5.41) is 15.6. The Morgan fingerprint density at radius 1 is 1.35 bits per heavy atom. The van der Waals surface area contributed by atoms with Crippen molar-refractivity contribution in [2.45, 2.75) is 39.2 Å². The van der Waals surface area contributed by atoms with Crippen molar-refractivity contribution in [3.05, 3.63) is 6.33 Å². The summed E-state index contributed by atoms with van der Waals surface area (Å²) in [7, 11) is 0. The molecule has 2 rings (SSSR count). The van der Waals surface area contributed by atoms with Crippen molar-refractivity contribution >= 4 is 22.9 Å². The molecule has 0 aliphatic heterocycles. The maximum Gasteiger partial charge on any atom is 0.226 e. The maximum atomic E-state index is 9.12. The predicted octanol–water partition coefficient (Wildman–Crippen LogP) is 1.75. The number of fused-ring (bicyclic) bond motifs is 1. The summed E-state index contributed by atoms with van der Waals surface area (Å²) in [6.07, 6.45) is 3.23. The number of imidazole rings is 1. The van der Waals surface area contributed by atoms with E-state index >= 15 is 0 Å². The number of hydrogen-bond donors (Lipinski definition) is 4. The van der Waals surface area contributed by atoms with Crippen LogP contribution >= 0.6 is 0 Å². The molecule has 0 saturated heterocycles. The van der Waals surface area contributed by atoms with Crippen molar-refractivity contribution in [1.29, 1.82) is 0 Å². The van der Waals surface area contributed by atoms with Crippen LogP contribution in [0.3, 0.4) is 0 Å². The van der Waals surface area contributed by atoms with E-state index in [4.69, 9.17) is 5.11 Å². The lowest BCUT2D eigenvalue weighted by Crippen LogP contribution is -2.32. The zero-order valence-electron chi connectivity index (χ0n) is 12.2. The smallest absolute Gasteiger partial charge is 0.226 e. The van der Waals surface area contributed by atoms with Gasteiger partial charge in [-0.3, -0.25) is 0 Å². The van der Waals surface area contributed by atoms with E-state index < -0.39 is 0 Å². The molecular formula is C13H22N6O. The van der Waals surface area contributed by atoms with Gasteiger partial charge in [-0.1, -0.05) is 6.92 Å². The summed E-state index contributed by atoms with van der Waals surface area (Å²) in [6, 6.07) is 0. The fraction of sp³-hybridized carbons (Fsp3) is 0.615. The first-order chi connectivity index (χ1) is 9.55. The van der Waals surface area contributed by atoms with Crippen LogP contribution in [0.15, 0.2) is 6.33 Å². The number of anilines is 2. The summed E-state index contributed by atoms with van der Waals surface area (Å²) in [4.78, 5) is 16.1. The van der Waals surface area contributed by atoms with Gasteiger partial charge < -0.3 is 20.7 Å².